The number of anilines is 1. The number of carbonyl (C=O) groups excluding carboxylic acids is 1. The molecule has 1 unspecified atom stereocenters. The molecule has 1 atom stereocenters. The molecule has 9 heteroatoms. The molecule has 1 aromatic rings. The number of rotatable bonds is 4. The summed E-state index contributed by atoms with van der Waals surface area (Å²) in [5.41, 5.74) is 0.517. The van der Waals surface area contributed by atoms with Crippen LogP contribution in [0.1, 0.15) is 6.42 Å². The van der Waals surface area contributed by atoms with Crippen molar-refractivity contribution in [3.8, 4) is 5.88 Å². The molecular weight excluding hydrogens is 350 g/mol. The molecule has 0 radical (unpaired) electrons. The van der Waals surface area contributed by atoms with Crippen LogP contribution in [0.2, 0.25) is 0 Å². The van der Waals surface area contributed by atoms with Crippen LogP contribution in [0.25, 0.3) is 0 Å². The zero-order valence-electron chi connectivity index (χ0n) is 10.7. The second-order valence-corrected chi connectivity index (χ2v) is 7.16. The second kappa shape index (κ2) is 5.66. The zero-order chi connectivity index (χ0) is 14.9. The number of nitrogens with zero attached hydrogens (tertiary/aromatic N) is 2. The molecule has 1 saturated heterocycles. The highest BCUT2D eigenvalue weighted by Gasteiger charge is 2.34. The smallest absolute Gasteiger partial charge is 0.237 e. The van der Waals surface area contributed by atoms with Crippen molar-refractivity contribution in [3.63, 3.8) is 0 Å². The maximum Gasteiger partial charge on any atom is 0.237 e. The third kappa shape index (κ3) is 3.47. The standard InChI is InChI=1S/C11H14BrN3O4S/c1-19-11-9(3-8(12)4-14-11)15-5-7(2-10(15)16)6-20(13,17)18/h3-4,7H,2,5-6H2,1H3,(H2,13,17,18). The van der Waals surface area contributed by atoms with E-state index < -0.39 is 10.0 Å². The molecule has 2 N–H and O–H groups in total. The molecule has 2 rings (SSSR count). The molecule has 0 bridgehead atoms. The first-order chi connectivity index (χ1) is 9.30. The van der Waals surface area contributed by atoms with Crippen molar-refractivity contribution in [2.45, 2.75) is 6.42 Å². The van der Waals surface area contributed by atoms with Gasteiger partial charge < -0.3 is 9.64 Å². The lowest BCUT2D eigenvalue weighted by molar-refractivity contribution is -0.117. The van der Waals surface area contributed by atoms with Gasteiger partial charge in [-0.3, -0.25) is 4.79 Å². The van der Waals surface area contributed by atoms with Crippen molar-refractivity contribution in [2.75, 3.05) is 24.3 Å². The highest BCUT2D eigenvalue weighted by atomic mass is 79.9. The number of nitrogens with two attached hydrogens (primary N) is 1. The third-order valence-corrected chi connectivity index (χ3v) is 4.33. The lowest BCUT2D eigenvalue weighted by Gasteiger charge is -2.18. The number of pyridine rings is 1. The van der Waals surface area contributed by atoms with E-state index in [1.807, 2.05) is 0 Å². The second-order valence-electron chi connectivity index (χ2n) is 4.59. The Labute approximate surface area is 125 Å². The van der Waals surface area contributed by atoms with E-state index in [9.17, 15) is 13.2 Å². The van der Waals surface area contributed by atoms with Crippen molar-refractivity contribution < 1.29 is 17.9 Å². The van der Waals surface area contributed by atoms with E-state index in [1.165, 1.54) is 12.0 Å². The average Bonchev–Trinajstić information content (AvgIpc) is 2.67. The quantitative estimate of drug-likeness (QED) is 0.838. The van der Waals surface area contributed by atoms with E-state index >= 15 is 0 Å². The largest absolute Gasteiger partial charge is 0.480 e. The molecule has 1 aromatic heterocycles. The number of ether oxygens (including phenoxy) is 1. The molecule has 0 saturated carbocycles. The molecule has 0 aliphatic carbocycles. The summed E-state index contributed by atoms with van der Waals surface area (Å²) in [4.78, 5) is 17.6. The molecule has 0 aromatic carbocycles. The Bertz CT molecular complexity index is 635. The topological polar surface area (TPSA) is 103 Å². The SMILES string of the molecule is COc1ncc(Br)cc1N1CC(CS(N)(=O)=O)CC1=O. The van der Waals surface area contributed by atoms with Crippen LogP contribution in [0, 0.1) is 5.92 Å². The van der Waals surface area contributed by atoms with Crippen molar-refractivity contribution in [2.24, 2.45) is 11.1 Å². The van der Waals surface area contributed by atoms with Crippen LogP contribution in [-0.4, -0.2) is 38.7 Å². The van der Waals surface area contributed by atoms with Gasteiger partial charge in [0, 0.05) is 29.6 Å². The van der Waals surface area contributed by atoms with Gasteiger partial charge in [0.25, 0.3) is 0 Å². The molecule has 1 aliphatic rings. The van der Waals surface area contributed by atoms with Crippen LogP contribution in [-0.2, 0) is 14.8 Å². The minimum Gasteiger partial charge on any atom is -0.480 e. The number of methoxy groups -OCH3 is 1. The Morgan fingerprint density at radius 3 is 2.90 bits per heavy atom. The number of amides is 1. The first-order valence-corrected chi connectivity index (χ1v) is 8.31. The van der Waals surface area contributed by atoms with Crippen LogP contribution in [0.3, 0.4) is 0 Å². The fourth-order valence-electron chi connectivity index (χ4n) is 2.22. The van der Waals surface area contributed by atoms with Gasteiger partial charge in [-0.2, -0.15) is 0 Å². The van der Waals surface area contributed by atoms with Gasteiger partial charge in [0.1, 0.15) is 5.69 Å². The molecule has 0 spiro atoms. The van der Waals surface area contributed by atoms with E-state index in [-0.39, 0.29) is 30.5 Å². The summed E-state index contributed by atoms with van der Waals surface area (Å²) < 4.78 is 28.1. The zero-order valence-corrected chi connectivity index (χ0v) is 13.1. The molecule has 1 fully saturated rings. The number of aromatic nitrogens is 1. The first-order valence-electron chi connectivity index (χ1n) is 5.80. The van der Waals surface area contributed by atoms with E-state index in [0.29, 0.717) is 16.0 Å². The van der Waals surface area contributed by atoms with E-state index in [2.05, 4.69) is 20.9 Å². The van der Waals surface area contributed by atoms with Crippen molar-refractivity contribution >= 4 is 37.5 Å². The summed E-state index contributed by atoms with van der Waals surface area (Å²) in [6, 6.07) is 1.71. The van der Waals surface area contributed by atoms with Crippen LogP contribution in [0.15, 0.2) is 16.7 Å². The average molecular weight is 364 g/mol. The van der Waals surface area contributed by atoms with Crippen LogP contribution >= 0.6 is 15.9 Å². The van der Waals surface area contributed by atoms with E-state index in [4.69, 9.17) is 9.88 Å². The van der Waals surface area contributed by atoms with Crippen molar-refractivity contribution in [1.82, 2.24) is 4.98 Å². The molecule has 110 valence electrons. The fourth-order valence-corrected chi connectivity index (χ4v) is 3.42. The molecule has 20 heavy (non-hydrogen) atoms. The minimum absolute atomic E-state index is 0.145. The van der Waals surface area contributed by atoms with Gasteiger partial charge in [-0.1, -0.05) is 0 Å². The predicted octanol–water partition coefficient (Wildman–Crippen LogP) is 0.494. The Morgan fingerprint density at radius 1 is 1.60 bits per heavy atom. The molecule has 2 heterocycles. The monoisotopic (exact) mass is 363 g/mol. The lowest BCUT2D eigenvalue weighted by Crippen LogP contribution is -2.28. The van der Waals surface area contributed by atoms with E-state index in [0.717, 1.165) is 0 Å². The highest BCUT2D eigenvalue weighted by molar-refractivity contribution is 9.10. The van der Waals surface area contributed by atoms with Crippen LogP contribution < -0.4 is 14.8 Å². The summed E-state index contributed by atoms with van der Waals surface area (Å²) in [6.45, 7) is 0.282. The Kier molecular flexibility index (Phi) is 4.31. The van der Waals surface area contributed by atoms with Crippen molar-refractivity contribution in [1.29, 1.82) is 0 Å². The summed E-state index contributed by atoms with van der Waals surface area (Å²) in [5.74, 6) is -0.380. The van der Waals surface area contributed by atoms with E-state index in [1.54, 1.807) is 12.3 Å². The maximum absolute atomic E-state index is 12.0. The molecule has 1 aliphatic heterocycles. The van der Waals surface area contributed by atoms with Gasteiger partial charge in [0.05, 0.1) is 12.9 Å². The first kappa shape index (κ1) is 15.2. The number of sulfonamides is 1. The Hall–Kier alpha value is -1.19. The number of hydrogen-bond acceptors (Lipinski definition) is 5. The molecule has 1 amide bonds. The normalized spacial score (nSPS) is 19.4. The predicted molar refractivity (Wildman–Crippen MR) is 76.9 cm³/mol. The van der Waals surface area contributed by atoms with Gasteiger partial charge in [0.2, 0.25) is 21.8 Å². The Balaban J connectivity index is 2.26. The summed E-state index contributed by atoms with van der Waals surface area (Å²) >= 11 is 3.28. The molecular formula is C11H14BrN3O4S. The van der Waals surface area contributed by atoms with Crippen LogP contribution in [0.4, 0.5) is 5.69 Å². The fraction of sp³-hybridized carbons (Fsp3) is 0.455. The number of carbonyl (C=O) groups is 1. The van der Waals surface area contributed by atoms with Gasteiger partial charge in [0.15, 0.2) is 0 Å². The summed E-state index contributed by atoms with van der Waals surface area (Å²) in [5, 5.41) is 5.02. The van der Waals surface area contributed by atoms with Gasteiger partial charge in [-0.05, 0) is 22.0 Å². The highest BCUT2D eigenvalue weighted by Crippen LogP contribution is 2.33. The summed E-state index contributed by atoms with van der Waals surface area (Å²) in [7, 11) is -2.14. The summed E-state index contributed by atoms with van der Waals surface area (Å²) in [6.07, 6.45) is 1.71. The third-order valence-electron chi connectivity index (χ3n) is 2.96. The number of hydrogen-bond donors (Lipinski definition) is 1. The van der Waals surface area contributed by atoms with Gasteiger partial charge in [-0.25, -0.2) is 18.5 Å². The lowest BCUT2D eigenvalue weighted by atomic mass is 10.1. The minimum atomic E-state index is -3.60. The number of primary sulfonamides is 1. The Morgan fingerprint density at radius 2 is 2.30 bits per heavy atom. The van der Waals surface area contributed by atoms with Crippen LogP contribution in [0.5, 0.6) is 5.88 Å². The van der Waals surface area contributed by atoms with Gasteiger partial charge in [-0.15, -0.1) is 0 Å². The number of halogens is 1. The maximum atomic E-state index is 12.0. The van der Waals surface area contributed by atoms with Gasteiger partial charge >= 0.3 is 0 Å². The molecule has 7 nitrogen and oxygen atoms in total. The van der Waals surface area contributed by atoms with Crippen molar-refractivity contribution in [3.05, 3.63) is 16.7 Å².